The summed E-state index contributed by atoms with van der Waals surface area (Å²) in [6.45, 7) is 4.23. The summed E-state index contributed by atoms with van der Waals surface area (Å²) in [6, 6.07) is 1.65. The Labute approximate surface area is 143 Å². The van der Waals surface area contributed by atoms with Crippen LogP contribution < -0.4 is 4.90 Å². The molecular formula is C17H25N3O3S. The molecule has 0 radical (unpaired) electrons. The van der Waals surface area contributed by atoms with Gasteiger partial charge in [0.15, 0.2) is 9.84 Å². The van der Waals surface area contributed by atoms with Crippen molar-refractivity contribution in [3.63, 3.8) is 0 Å². The number of rotatable bonds is 3. The largest absolute Gasteiger partial charge is 0.370 e. The maximum atomic E-state index is 12.7. The van der Waals surface area contributed by atoms with Gasteiger partial charge in [0.05, 0.1) is 29.0 Å². The van der Waals surface area contributed by atoms with Gasteiger partial charge in [-0.15, -0.1) is 0 Å². The third-order valence-corrected chi connectivity index (χ3v) is 6.95. The Bertz CT molecular complexity index is 712. The number of nitrogens with zero attached hydrogens (tertiary/aromatic N) is 3. The van der Waals surface area contributed by atoms with E-state index in [1.165, 1.54) is 0 Å². The Morgan fingerprint density at radius 3 is 2.58 bits per heavy atom. The molecule has 7 heteroatoms. The van der Waals surface area contributed by atoms with Crippen molar-refractivity contribution >= 4 is 21.4 Å². The number of pyridine rings is 1. The molecule has 0 N–H and O–H groups in total. The van der Waals surface area contributed by atoms with Gasteiger partial charge >= 0.3 is 0 Å². The molecule has 0 aromatic carbocycles. The molecule has 0 spiro atoms. The first-order chi connectivity index (χ1) is 11.4. The van der Waals surface area contributed by atoms with Gasteiger partial charge in [-0.1, -0.05) is 6.92 Å². The molecule has 1 atom stereocenters. The van der Waals surface area contributed by atoms with Crippen molar-refractivity contribution in [2.45, 2.75) is 32.2 Å². The molecular weight excluding hydrogens is 326 g/mol. The summed E-state index contributed by atoms with van der Waals surface area (Å²) in [6.07, 6.45) is 6.18. The van der Waals surface area contributed by atoms with Crippen molar-refractivity contribution in [2.75, 3.05) is 36.5 Å². The summed E-state index contributed by atoms with van der Waals surface area (Å²) in [4.78, 5) is 20.8. The average Bonchev–Trinajstić information content (AvgIpc) is 2.94. The van der Waals surface area contributed by atoms with Crippen molar-refractivity contribution in [3.05, 3.63) is 24.0 Å². The van der Waals surface area contributed by atoms with Crippen LogP contribution in [0.25, 0.3) is 0 Å². The van der Waals surface area contributed by atoms with Gasteiger partial charge in [-0.05, 0) is 31.2 Å². The number of carbonyl (C=O) groups excluding carboxylic acids is 1. The third-order valence-electron chi connectivity index (χ3n) is 5.20. The van der Waals surface area contributed by atoms with Gasteiger partial charge in [-0.25, -0.2) is 8.42 Å². The third kappa shape index (κ3) is 3.71. The molecule has 3 rings (SSSR count). The number of piperidine rings is 1. The maximum absolute atomic E-state index is 12.7. The Hall–Kier alpha value is -1.63. The SMILES string of the molecule is CC1CCN(c2cncc(C(=O)N(C)C3CCS(=O)(=O)C3)c2)CC1. The highest BCUT2D eigenvalue weighted by molar-refractivity contribution is 7.91. The minimum absolute atomic E-state index is 0.0619. The maximum Gasteiger partial charge on any atom is 0.255 e. The quantitative estimate of drug-likeness (QED) is 0.827. The summed E-state index contributed by atoms with van der Waals surface area (Å²) < 4.78 is 23.3. The fraction of sp³-hybridized carbons (Fsp3) is 0.647. The lowest BCUT2D eigenvalue weighted by Crippen LogP contribution is -2.38. The molecule has 0 saturated carbocycles. The van der Waals surface area contributed by atoms with Crippen LogP contribution in [0.4, 0.5) is 5.69 Å². The topological polar surface area (TPSA) is 70.6 Å². The monoisotopic (exact) mass is 351 g/mol. The van der Waals surface area contributed by atoms with Crippen molar-refractivity contribution in [1.29, 1.82) is 0 Å². The zero-order valence-electron chi connectivity index (χ0n) is 14.3. The first kappa shape index (κ1) is 17.2. The van der Waals surface area contributed by atoms with Crippen LogP contribution in [0.15, 0.2) is 18.5 Å². The van der Waals surface area contributed by atoms with Crippen LogP contribution in [0, 0.1) is 5.92 Å². The lowest BCUT2D eigenvalue weighted by Gasteiger charge is -2.32. The molecule has 1 aromatic rings. The summed E-state index contributed by atoms with van der Waals surface area (Å²) in [5.41, 5.74) is 1.50. The molecule has 2 aliphatic heterocycles. The Morgan fingerprint density at radius 2 is 1.96 bits per heavy atom. The fourth-order valence-corrected chi connectivity index (χ4v) is 5.21. The first-order valence-corrected chi connectivity index (χ1v) is 10.4. The van der Waals surface area contributed by atoms with E-state index in [1.54, 1.807) is 24.3 Å². The molecule has 1 aromatic heterocycles. The van der Waals surface area contributed by atoms with Crippen LogP contribution in [-0.4, -0.2) is 61.9 Å². The van der Waals surface area contributed by atoms with Crippen molar-refractivity contribution < 1.29 is 13.2 Å². The molecule has 6 nitrogen and oxygen atoms in total. The molecule has 132 valence electrons. The Kier molecular flexibility index (Phi) is 4.80. The molecule has 0 bridgehead atoms. The minimum Gasteiger partial charge on any atom is -0.370 e. The molecule has 2 aliphatic rings. The van der Waals surface area contributed by atoms with Crippen LogP contribution in [0.1, 0.15) is 36.5 Å². The van der Waals surface area contributed by atoms with E-state index < -0.39 is 9.84 Å². The highest BCUT2D eigenvalue weighted by atomic mass is 32.2. The fourth-order valence-electron chi connectivity index (χ4n) is 3.43. The van der Waals surface area contributed by atoms with Crippen LogP contribution in [-0.2, 0) is 9.84 Å². The Balaban J connectivity index is 1.72. The molecule has 3 heterocycles. The van der Waals surface area contributed by atoms with E-state index in [4.69, 9.17) is 0 Å². The number of anilines is 1. The molecule has 2 fully saturated rings. The summed E-state index contributed by atoms with van der Waals surface area (Å²) in [5, 5.41) is 0. The van der Waals surface area contributed by atoms with E-state index in [0.29, 0.717) is 12.0 Å². The lowest BCUT2D eigenvalue weighted by molar-refractivity contribution is 0.0747. The van der Waals surface area contributed by atoms with Gasteiger partial charge in [0.25, 0.3) is 5.91 Å². The van der Waals surface area contributed by atoms with E-state index in [9.17, 15) is 13.2 Å². The molecule has 2 saturated heterocycles. The van der Waals surface area contributed by atoms with Crippen LogP contribution in [0.5, 0.6) is 0 Å². The number of sulfone groups is 1. The normalized spacial score (nSPS) is 24.1. The van der Waals surface area contributed by atoms with Gasteiger partial charge in [0, 0.05) is 32.4 Å². The zero-order valence-corrected chi connectivity index (χ0v) is 15.1. The van der Waals surface area contributed by atoms with E-state index >= 15 is 0 Å². The predicted octanol–water partition coefficient (Wildman–Crippen LogP) is 1.58. The van der Waals surface area contributed by atoms with E-state index in [-0.39, 0.29) is 23.5 Å². The number of hydrogen-bond acceptors (Lipinski definition) is 5. The van der Waals surface area contributed by atoms with Gasteiger partial charge < -0.3 is 9.80 Å². The van der Waals surface area contributed by atoms with Crippen molar-refractivity contribution in [1.82, 2.24) is 9.88 Å². The van der Waals surface area contributed by atoms with E-state index in [0.717, 1.165) is 37.5 Å². The van der Waals surface area contributed by atoms with Crippen molar-refractivity contribution in [2.24, 2.45) is 5.92 Å². The molecule has 1 unspecified atom stereocenters. The van der Waals surface area contributed by atoms with E-state index in [2.05, 4.69) is 16.8 Å². The molecule has 1 amide bonds. The van der Waals surface area contributed by atoms with Gasteiger partial charge in [0.2, 0.25) is 0 Å². The van der Waals surface area contributed by atoms with Gasteiger partial charge in [-0.2, -0.15) is 0 Å². The second-order valence-electron chi connectivity index (χ2n) is 7.07. The Morgan fingerprint density at radius 1 is 1.25 bits per heavy atom. The van der Waals surface area contributed by atoms with Gasteiger partial charge in [0.1, 0.15) is 0 Å². The van der Waals surface area contributed by atoms with E-state index in [1.807, 2.05) is 6.07 Å². The number of aromatic nitrogens is 1. The number of carbonyl (C=O) groups is 1. The van der Waals surface area contributed by atoms with Crippen LogP contribution in [0.3, 0.4) is 0 Å². The van der Waals surface area contributed by atoms with Crippen LogP contribution >= 0.6 is 0 Å². The zero-order chi connectivity index (χ0) is 17.3. The smallest absolute Gasteiger partial charge is 0.255 e. The summed E-state index contributed by atoms with van der Waals surface area (Å²) in [5.74, 6) is 0.817. The standard InChI is InChI=1S/C17H25N3O3S/c1-13-3-6-20(7-4-13)16-9-14(10-18-11-16)17(21)19(2)15-5-8-24(22,23)12-15/h9-11,13,15H,3-8,12H2,1-2H3. The number of amides is 1. The predicted molar refractivity (Wildman–Crippen MR) is 94.0 cm³/mol. The molecule has 24 heavy (non-hydrogen) atoms. The second kappa shape index (κ2) is 6.70. The highest BCUT2D eigenvalue weighted by Crippen LogP contribution is 2.24. The number of hydrogen-bond donors (Lipinski definition) is 0. The average molecular weight is 351 g/mol. The summed E-state index contributed by atoms with van der Waals surface area (Å²) in [7, 11) is -1.32. The molecule has 0 aliphatic carbocycles. The van der Waals surface area contributed by atoms with Crippen molar-refractivity contribution in [3.8, 4) is 0 Å². The summed E-state index contributed by atoms with van der Waals surface area (Å²) >= 11 is 0. The lowest BCUT2D eigenvalue weighted by atomic mass is 9.99. The van der Waals surface area contributed by atoms with Crippen LogP contribution in [0.2, 0.25) is 0 Å². The second-order valence-corrected chi connectivity index (χ2v) is 9.30. The van der Waals surface area contributed by atoms with Gasteiger partial charge in [-0.3, -0.25) is 9.78 Å². The minimum atomic E-state index is -3.00. The highest BCUT2D eigenvalue weighted by Gasteiger charge is 2.33. The first-order valence-electron chi connectivity index (χ1n) is 8.53.